The summed E-state index contributed by atoms with van der Waals surface area (Å²) in [5.74, 6) is 0.930. The van der Waals surface area contributed by atoms with Crippen LogP contribution >= 0.6 is 0 Å². The minimum absolute atomic E-state index is 0.0377. The number of fused-ring (bicyclic) bond motifs is 1. The summed E-state index contributed by atoms with van der Waals surface area (Å²) in [5.41, 5.74) is 5.15. The lowest BCUT2D eigenvalue weighted by Crippen LogP contribution is -2.23. The van der Waals surface area contributed by atoms with E-state index in [0.29, 0.717) is 6.42 Å². The van der Waals surface area contributed by atoms with E-state index in [-0.39, 0.29) is 12.8 Å². The molecule has 0 bridgehead atoms. The van der Waals surface area contributed by atoms with Crippen LogP contribution in [0.25, 0.3) is 11.1 Å². The molecule has 1 unspecified atom stereocenters. The molecular formula is C22H27FO. The second-order valence-corrected chi connectivity index (χ2v) is 6.73. The predicted molar refractivity (Wildman–Crippen MR) is 98.4 cm³/mol. The SMILES string of the molecule is CCCCCc1ccc(-c2ccc3c(c2)CCC(CCF)O3)cc1. The van der Waals surface area contributed by atoms with E-state index in [1.54, 1.807) is 0 Å². The zero-order valence-corrected chi connectivity index (χ0v) is 14.6. The minimum atomic E-state index is -0.303. The number of aryl methyl sites for hydroxylation is 2. The van der Waals surface area contributed by atoms with Crippen molar-refractivity contribution in [3.05, 3.63) is 53.6 Å². The van der Waals surface area contributed by atoms with Gasteiger partial charge in [-0.15, -0.1) is 0 Å². The normalized spacial score (nSPS) is 16.5. The van der Waals surface area contributed by atoms with Crippen molar-refractivity contribution in [3.8, 4) is 16.9 Å². The monoisotopic (exact) mass is 326 g/mol. The average Bonchev–Trinajstić information content (AvgIpc) is 2.62. The Morgan fingerprint density at radius 3 is 2.58 bits per heavy atom. The van der Waals surface area contributed by atoms with Crippen molar-refractivity contribution in [1.82, 2.24) is 0 Å². The summed E-state index contributed by atoms with van der Waals surface area (Å²) < 4.78 is 18.4. The van der Waals surface area contributed by atoms with Crippen LogP contribution in [-0.2, 0) is 12.8 Å². The van der Waals surface area contributed by atoms with Crippen molar-refractivity contribution < 1.29 is 9.13 Å². The Hall–Kier alpha value is -1.83. The van der Waals surface area contributed by atoms with Gasteiger partial charge >= 0.3 is 0 Å². The summed E-state index contributed by atoms with van der Waals surface area (Å²) in [4.78, 5) is 0. The topological polar surface area (TPSA) is 9.23 Å². The number of hydrogen-bond donors (Lipinski definition) is 0. The van der Waals surface area contributed by atoms with Gasteiger partial charge in [0.25, 0.3) is 0 Å². The fourth-order valence-corrected chi connectivity index (χ4v) is 3.39. The third kappa shape index (κ3) is 4.17. The Morgan fingerprint density at radius 1 is 1.04 bits per heavy atom. The molecule has 128 valence electrons. The first kappa shape index (κ1) is 17.0. The second-order valence-electron chi connectivity index (χ2n) is 6.73. The number of unbranched alkanes of at least 4 members (excludes halogenated alkanes) is 2. The van der Waals surface area contributed by atoms with Crippen molar-refractivity contribution in [3.63, 3.8) is 0 Å². The van der Waals surface area contributed by atoms with Gasteiger partial charge in [-0.1, -0.05) is 50.1 Å². The molecule has 2 aromatic rings. The van der Waals surface area contributed by atoms with E-state index in [2.05, 4.69) is 43.3 Å². The van der Waals surface area contributed by atoms with Gasteiger partial charge in [0.2, 0.25) is 0 Å². The van der Waals surface area contributed by atoms with Crippen LogP contribution in [0.4, 0.5) is 4.39 Å². The first-order valence-electron chi connectivity index (χ1n) is 9.25. The van der Waals surface area contributed by atoms with E-state index < -0.39 is 0 Å². The van der Waals surface area contributed by atoms with Gasteiger partial charge < -0.3 is 4.74 Å². The molecule has 0 aliphatic carbocycles. The van der Waals surface area contributed by atoms with E-state index in [4.69, 9.17) is 4.74 Å². The number of halogens is 1. The maximum Gasteiger partial charge on any atom is 0.122 e. The average molecular weight is 326 g/mol. The van der Waals surface area contributed by atoms with Crippen LogP contribution in [0.5, 0.6) is 5.75 Å². The molecule has 0 radical (unpaired) electrons. The van der Waals surface area contributed by atoms with E-state index >= 15 is 0 Å². The predicted octanol–water partition coefficient (Wildman–Crippen LogP) is 6.14. The number of benzene rings is 2. The van der Waals surface area contributed by atoms with Crippen LogP contribution in [0.1, 0.15) is 50.2 Å². The highest BCUT2D eigenvalue weighted by Crippen LogP contribution is 2.33. The van der Waals surface area contributed by atoms with E-state index in [9.17, 15) is 4.39 Å². The molecule has 0 N–H and O–H groups in total. The first-order valence-corrected chi connectivity index (χ1v) is 9.25. The van der Waals surface area contributed by atoms with Gasteiger partial charge in [0.05, 0.1) is 6.67 Å². The van der Waals surface area contributed by atoms with Gasteiger partial charge in [0.1, 0.15) is 11.9 Å². The molecule has 1 aliphatic rings. The summed E-state index contributed by atoms with van der Waals surface area (Å²) in [6.45, 7) is 1.94. The van der Waals surface area contributed by atoms with Gasteiger partial charge in [-0.05, 0) is 60.1 Å². The molecule has 1 nitrogen and oxygen atoms in total. The van der Waals surface area contributed by atoms with Crippen LogP contribution in [0.2, 0.25) is 0 Å². The standard InChI is InChI=1S/C22H27FO/c1-2-3-4-5-17-6-8-18(9-7-17)19-11-13-22-20(16-19)10-12-21(24-22)14-15-23/h6-9,11,13,16,21H,2-5,10,12,14-15H2,1H3. The molecule has 0 saturated carbocycles. The Bertz CT molecular complexity index is 648. The molecule has 0 amide bonds. The van der Waals surface area contributed by atoms with Gasteiger partial charge in [-0.25, -0.2) is 0 Å². The molecule has 2 heteroatoms. The quantitative estimate of drug-likeness (QED) is 0.555. The van der Waals surface area contributed by atoms with Crippen molar-refractivity contribution >= 4 is 0 Å². The molecule has 0 aromatic heterocycles. The summed E-state index contributed by atoms with van der Waals surface area (Å²) >= 11 is 0. The molecule has 24 heavy (non-hydrogen) atoms. The molecule has 1 atom stereocenters. The van der Waals surface area contributed by atoms with Crippen molar-refractivity contribution in [1.29, 1.82) is 0 Å². The molecular weight excluding hydrogens is 299 g/mol. The molecule has 1 aliphatic heterocycles. The number of alkyl halides is 1. The van der Waals surface area contributed by atoms with E-state index in [0.717, 1.165) is 18.6 Å². The van der Waals surface area contributed by atoms with Gasteiger partial charge in [-0.2, -0.15) is 0 Å². The third-order valence-electron chi connectivity index (χ3n) is 4.88. The van der Waals surface area contributed by atoms with Crippen molar-refractivity contribution in [2.75, 3.05) is 6.67 Å². The molecule has 3 rings (SSSR count). The van der Waals surface area contributed by atoms with Crippen LogP contribution in [0.15, 0.2) is 42.5 Å². The second kappa shape index (κ2) is 8.32. The van der Waals surface area contributed by atoms with E-state index in [1.165, 1.54) is 47.9 Å². The maximum absolute atomic E-state index is 12.5. The Balaban J connectivity index is 1.69. The lowest BCUT2D eigenvalue weighted by molar-refractivity contribution is 0.154. The lowest BCUT2D eigenvalue weighted by atomic mass is 9.95. The smallest absolute Gasteiger partial charge is 0.122 e. The van der Waals surface area contributed by atoms with Crippen LogP contribution in [0.3, 0.4) is 0 Å². The summed E-state index contributed by atoms with van der Waals surface area (Å²) in [7, 11) is 0. The molecule has 2 aromatic carbocycles. The third-order valence-corrected chi connectivity index (χ3v) is 4.88. The minimum Gasteiger partial charge on any atom is -0.490 e. The van der Waals surface area contributed by atoms with Crippen LogP contribution in [0, 0.1) is 0 Å². The molecule has 0 saturated heterocycles. The zero-order valence-electron chi connectivity index (χ0n) is 14.6. The molecule has 0 spiro atoms. The van der Waals surface area contributed by atoms with Gasteiger partial charge in [0.15, 0.2) is 0 Å². The van der Waals surface area contributed by atoms with Crippen molar-refractivity contribution in [2.45, 2.75) is 58.0 Å². The van der Waals surface area contributed by atoms with Gasteiger partial charge in [-0.3, -0.25) is 4.39 Å². The highest BCUT2D eigenvalue weighted by atomic mass is 19.1. The largest absolute Gasteiger partial charge is 0.490 e. The summed E-state index contributed by atoms with van der Waals surface area (Å²) in [6, 6.07) is 15.3. The Morgan fingerprint density at radius 2 is 1.83 bits per heavy atom. The lowest BCUT2D eigenvalue weighted by Gasteiger charge is -2.26. The number of rotatable bonds is 7. The highest BCUT2D eigenvalue weighted by molar-refractivity contribution is 5.66. The summed E-state index contributed by atoms with van der Waals surface area (Å²) in [6.07, 6.45) is 7.43. The van der Waals surface area contributed by atoms with E-state index in [1.807, 2.05) is 6.07 Å². The van der Waals surface area contributed by atoms with Gasteiger partial charge in [0, 0.05) is 6.42 Å². The van der Waals surface area contributed by atoms with Crippen LogP contribution < -0.4 is 4.74 Å². The van der Waals surface area contributed by atoms with Crippen molar-refractivity contribution in [2.24, 2.45) is 0 Å². The highest BCUT2D eigenvalue weighted by Gasteiger charge is 2.19. The fourth-order valence-electron chi connectivity index (χ4n) is 3.39. The van der Waals surface area contributed by atoms with Crippen LogP contribution in [-0.4, -0.2) is 12.8 Å². The fraction of sp³-hybridized carbons (Fsp3) is 0.455. The molecule has 0 fully saturated rings. The number of hydrogen-bond acceptors (Lipinski definition) is 1. The summed E-state index contributed by atoms with van der Waals surface area (Å²) in [5, 5.41) is 0. The number of ether oxygens (including phenoxy) is 1. The Kier molecular flexibility index (Phi) is 5.90. The maximum atomic E-state index is 12.5. The first-order chi connectivity index (χ1) is 11.8. The molecule has 1 heterocycles. The Labute approximate surface area is 144 Å². The zero-order chi connectivity index (χ0) is 16.8.